The summed E-state index contributed by atoms with van der Waals surface area (Å²) in [5, 5.41) is 14.6. The summed E-state index contributed by atoms with van der Waals surface area (Å²) in [5.41, 5.74) is 0.841. The minimum absolute atomic E-state index is 0.362. The third-order valence-corrected chi connectivity index (χ3v) is 3.63. The van der Waals surface area contributed by atoms with Gasteiger partial charge in [-0.05, 0) is 24.8 Å². The molecule has 3 heteroatoms. The molecule has 1 saturated carbocycles. The van der Waals surface area contributed by atoms with Gasteiger partial charge in [-0.1, -0.05) is 32.1 Å². The predicted molar refractivity (Wildman–Crippen MR) is 64.0 cm³/mol. The first kappa shape index (κ1) is 11.6. The van der Waals surface area contributed by atoms with E-state index in [2.05, 4.69) is 5.10 Å². The lowest BCUT2D eigenvalue weighted by Gasteiger charge is -2.23. The first-order valence-corrected chi connectivity index (χ1v) is 6.45. The van der Waals surface area contributed by atoms with Crippen molar-refractivity contribution in [1.29, 1.82) is 0 Å². The summed E-state index contributed by atoms with van der Waals surface area (Å²) < 4.78 is 1.77. The highest BCUT2D eigenvalue weighted by Gasteiger charge is 2.23. The molecule has 0 bridgehead atoms. The molecule has 2 rings (SSSR count). The molecule has 0 spiro atoms. The molecule has 3 nitrogen and oxygen atoms in total. The highest BCUT2D eigenvalue weighted by molar-refractivity contribution is 5.04. The number of hydrogen-bond acceptors (Lipinski definition) is 2. The van der Waals surface area contributed by atoms with E-state index < -0.39 is 0 Å². The lowest BCUT2D eigenvalue weighted by molar-refractivity contribution is 0.0869. The normalized spacial score (nSPS) is 21.4. The van der Waals surface area contributed by atoms with Crippen LogP contribution in [0.3, 0.4) is 0 Å². The molecule has 1 aliphatic carbocycles. The van der Waals surface area contributed by atoms with Crippen LogP contribution in [0.2, 0.25) is 0 Å². The van der Waals surface area contributed by atoms with Crippen LogP contribution in [0.5, 0.6) is 0 Å². The van der Waals surface area contributed by atoms with Gasteiger partial charge in [0.1, 0.15) is 6.10 Å². The van der Waals surface area contributed by atoms with Crippen LogP contribution in [0.15, 0.2) is 12.3 Å². The van der Waals surface area contributed by atoms with Gasteiger partial charge in [-0.15, -0.1) is 0 Å². The summed E-state index contributed by atoms with van der Waals surface area (Å²) in [6.45, 7) is 0. The third kappa shape index (κ3) is 2.85. The molecule has 1 unspecified atom stereocenters. The van der Waals surface area contributed by atoms with E-state index in [4.69, 9.17) is 0 Å². The van der Waals surface area contributed by atoms with Gasteiger partial charge in [0.25, 0.3) is 0 Å². The van der Waals surface area contributed by atoms with Crippen LogP contribution in [0, 0.1) is 5.92 Å². The van der Waals surface area contributed by atoms with E-state index in [0.717, 1.165) is 18.5 Å². The lowest BCUT2D eigenvalue weighted by atomic mass is 9.86. The molecule has 1 atom stereocenters. The van der Waals surface area contributed by atoms with E-state index in [9.17, 15) is 5.11 Å². The summed E-state index contributed by atoms with van der Waals surface area (Å²) in [7, 11) is 1.90. The van der Waals surface area contributed by atoms with Crippen molar-refractivity contribution in [2.24, 2.45) is 13.0 Å². The SMILES string of the molecule is Cn1ccc(C(O)C2CCCCCCC2)n1. The Bertz CT molecular complexity index is 313. The molecule has 1 aromatic heterocycles. The smallest absolute Gasteiger partial charge is 0.101 e. The molecule has 1 heterocycles. The molecule has 1 aliphatic rings. The summed E-state index contributed by atoms with van der Waals surface area (Å²) in [5.74, 6) is 0.412. The van der Waals surface area contributed by atoms with Crippen molar-refractivity contribution in [3.05, 3.63) is 18.0 Å². The molecule has 0 amide bonds. The van der Waals surface area contributed by atoms with Crippen molar-refractivity contribution in [2.75, 3.05) is 0 Å². The summed E-state index contributed by atoms with van der Waals surface area (Å²) in [6.07, 6.45) is 10.4. The molecular weight excluding hydrogens is 200 g/mol. The zero-order chi connectivity index (χ0) is 11.4. The van der Waals surface area contributed by atoms with Crippen LogP contribution in [0.4, 0.5) is 0 Å². The number of aliphatic hydroxyl groups excluding tert-OH is 1. The molecule has 1 N–H and O–H groups in total. The first-order chi connectivity index (χ1) is 7.77. The number of aromatic nitrogens is 2. The lowest BCUT2D eigenvalue weighted by Crippen LogP contribution is -2.15. The average molecular weight is 222 g/mol. The van der Waals surface area contributed by atoms with Crippen LogP contribution in [0.1, 0.15) is 56.7 Å². The van der Waals surface area contributed by atoms with Crippen molar-refractivity contribution in [2.45, 2.75) is 51.0 Å². The molecule has 0 aromatic carbocycles. The van der Waals surface area contributed by atoms with Gasteiger partial charge in [0, 0.05) is 13.2 Å². The van der Waals surface area contributed by atoms with Crippen LogP contribution >= 0.6 is 0 Å². The van der Waals surface area contributed by atoms with E-state index in [1.807, 2.05) is 19.3 Å². The maximum absolute atomic E-state index is 10.3. The molecule has 90 valence electrons. The maximum Gasteiger partial charge on any atom is 0.101 e. The average Bonchev–Trinajstić information content (AvgIpc) is 2.63. The minimum Gasteiger partial charge on any atom is -0.386 e. The van der Waals surface area contributed by atoms with E-state index in [1.165, 1.54) is 32.1 Å². The molecule has 0 saturated heterocycles. The van der Waals surface area contributed by atoms with Crippen molar-refractivity contribution < 1.29 is 5.11 Å². The maximum atomic E-state index is 10.3. The van der Waals surface area contributed by atoms with Gasteiger partial charge in [-0.2, -0.15) is 5.10 Å². The number of rotatable bonds is 2. The van der Waals surface area contributed by atoms with Gasteiger partial charge in [-0.3, -0.25) is 4.68 Å². The van der Waals surface area contributed by atoms with E-state index >= 15 is 0 Å². The highest BCUT2D eigenvalue weighted by atomic mass is 16.3. The minimum atomic E-state index is -0.362. The van der Waals surface area contributed by atoms with Gasteiger partial charge in [0.15, 0.2) is 0 Å². The quantitative estimate of drug-likeness (QED) is 0.835. The molecule has 0 radical (unpaired) electrons. The van der Waals surface area contributed by atoms with Crippen LogP contribution in [-0.2, 0) is 7.05 Å². The fourth-order valence-corrected chi connectivity index (χ4v) is 2.64. The number of nitrogens with zero attached hydrogens (tertiary/aromatic N) is 2. The standard InChI is InChI=1S/C13H22N2O/c1-15-10-9-12(14-15)13(16)11-7-5-3-2-4-6-8-11/h9-11,13,16H,2-8H2,1H3. The van der Waals surface area contributed by atoms with Crippen molar-refractivity contribution in [3.8, 4) is 0 Å². The summed E-state index contributed by atoms with van der Waals surface area (Å²) in [6, 6.07) is 1.93. The summed E-state index contributed by atoms with van der Waals surface area (Å²) >= 11 is 0. The largest absolute Gasteiger partial charge is 0.386 e. The van der Waals surface area contributed by atoms with Gasteiger partial charge in [0.05, 0.1) is 5.69 Å². The fourth-order valence-electron chi connectivity index (χ4n) is 2.64. The van der Waals surface area contributed by atoms with E-state index in [0.29, 0.717) is 5.92 Å². The zero-order valence-corrected chi connectivity index (χ0v) is 10.1. The van der Waals surface area contributed by atoms with Gasteiger partial charge >= 0.3 is 0 Å². The fraction of sp³-hybridized carbons (Fsp3) is 0.769. The second-order valence-electron chi connectivity index (χ2n) is 4.96. The Morgan fingerprint density at radius 2 is 1.88 bits per heavy atom. The topological polar surface area (TPSA) is 38.0 Å². The van der Waals surface area contributed by atoms with Gasteiger partial charge < -0.3 is 5.11 Å². The monoisotopic (exact) mass is 222 g/mol. The van der Waals surface area contributed by atoms with Crippen LogP contribution in [0.25, 0.3) is 0 Å². The highest BCUT2D eigenvalue weighted by Crippen LogP contribution is 2.31. The van der Waals surface area contributed by atoms with Gasteiger partial charge in [0.2, 0.25) is 0 Å². The summed E-state index contributed by atoms with van der Waals surface area (Å²) in [4.78, 5) is 0. The van der Waals surface area contributed by atoms with Crippen molar-refractivity contribution in [3.63, 3.8) is 0 Å². The predicted octanol–water partition coefficient (Wildman–Crippen LogP) is 2.81. The zero-order valence-electron chi connectivity index (χ0n) is 10.1. The Morgan fingerprint density at radius 3 is 2.44 bits per heavy atom. The number of aryl methyl sites for hydroxylation is 1. The second kappa shape index (κ2) is 5.48. The van der Waals surface area contributed by atoms with Crippen LogP contribution in [-0.4, -0.2) is 14.9 Å². The van der Waals surface area contributed by atoms with Crippen molar-refractivity contribution >= 4 is 0 Å². The number of aliphatic hydroxyl groups is 1. The Balaban J connectivity index is 1.98. The third-order valence-electron chi connectivity index (χ3n) is 3.63. The first-order valence-electron chi connectivity index (χ1n) is 6.45. The van der Waals surface area contributed by atoms with Gasteiger partial charge in [-0.25, -0.2) is 0 Å². The Kier molecular flexibility index (Phi) is 3.99. The van der Waals surface area contributed by atoms with E-state index in [1.54, 1.807) is 4.68 Å². The number of hydrogen-bond donors (Lipinski definition) is 1. The molecule has 16 heavy (non-hydrogen) atoms. The van der Waals surface area contributed by atoms with Crippen LogP contribution < -0.4 is 0 Å². The Morgan fingerprint density at radius 1 is 1.25 bits per heavy atom. The Labute approximate surface area is 97.5 Å². The Hall–Kier alpha value is -0.830. The molecule has 1 fully saturated rings. The molecule has 0 aliphatic heterocycles. The molecule has 1 aromatic rings. The molecular formula is C13H22N2O. The van der Waals surface area contributed by atoms with Crippen molar-refractivity contribution in [1.82, 2.24) is 9.78 Å². The van der Waals surface area contributed by atoms with E-state index in [-0.39, 0.29) is 6.10 Å². The second-order valence-corrected chi connectivity index (χ2v) is 4.96.